The van der Waals surface area contributed by atoms with E-state index in [0.29, 0.717) is 27.9 Å². The molecule has 0 radical (unpaired) electrons. The second-order valence-electron chi connectivity index (χ2n) is 6.66. The van der Waals surface area contributed by atoms with Crippen molar-refractivity contribution in [3.63, 3.8) is 0 Å². The van der Waals surface area contributed by atoms with Crippen LogP contribution in [-0.2, 0) is 5.75 Å². The lowest BCUT2D eigenvalue weighted by atomic mass is 10.1. The van der Waals surface area contributed by atoms with Gasteiger partial charge in [-0.3, -0.25) is 9.78 Å². The third-order valence-electron chi connectivity index (χ3n) is 4.67. The van der Waals surface area contributed by atoms with E-state index >= 15 is 0 Å². The minimum absolute atomic E-state index is 0.00489. The van der Waals surface area contributed by atoms with Crippen LogP contribution >= 0.6 is 11.8 Å². The molecular formula is C23H18N4O2S. The number of pyridine rings is 1. The third-order valence-corrected chi connectivity index (χ3v) is 5.59. The van der Waals surface area contributed by atoms with E-state index in [4.69, 9.17) is 4.74 Å². The molecule has 0 atom stereocenters. The molecule has 6 nitrogen and oxygen atoms in total. The molecule has 1 N–H and O–H groups in total. The van der Waals surface area contributed by atoms with Crippen LogP contribution < -0.4 is 10.3 Å². The number of benzene rings is 2. The van der Waals surface area contributed by atoms with E-state index in [2.05, 4.69) is 15.0 Å². The molecule has 0 saturated heterocycles. The normalized spacial score (nSPS) is 10.7. The molecule has 0 spiro atoms. The second-order valence-corrected chi connectivity index (χ2v) is 7.63. The first-order valence-electron chi connectivity index (χ1n) is 9.26. The lowest BCUT2D eigenvalue weighted by molar-refractivity contribution is 0.415. The summed E-state index contributed by atoms with van der Waals surface area (Å²) in [6.45, 7) is 1.96. The predicted molar refractivity (Wildman–Crippen MR) is 118 cm³/mol. The number of aryl methyl sites for hydroxylation is 1. The fourth-order valence-electron chi connectivity index (χ4n) is 3.24. The van der Waals surface area contributed by atoms with E-state index in [1.807, 2.05) is 43.3 Å². The number of nitrogens with one attached hydrogen (secondary N) is 1. The van der Waals surface area contributed by atoms with E-state index in [1.54, 1.807) is 31.4 Å². The Kier molecular flexibility index (Phi) is 5.50. The summed E-state index contributed by atoms with van der Waals surface area (Å²) < 4.78 is 5.18. The molecule has 0 unspecified atom stereocenters. The number of fused-ring (bicyclic) bond motifs is 1. The van der Waals surface area contributed by atoms with E-state index < -0.39 is 5.56 Å². The molecule has 4 aromatic rings. The molecule has 0 fully saturated rings. The number of aromatic amines is 1. The van der Waals surface area contributed by atoms with Crippen molar-refractivity contribution in [3.05, 3.63) is 81.8 Å². The standard InChI is InChI=1S/C23H18N4O2S/c1-14-11-16(18-5-3-4-6-20(18)25-14)13-30-23-26-21(19(12-24)22(28)27-23)15-7-9-17(29-2)10-8-15/h3-11H,13H2,1-2H3,(H,26,27,28). The molecule has 148 valence electrons. The molecule has 2 aromatic heterocycles. The number of rotatable bonds is 5. The van der Waals surface area contributed by atoms with E-state index in [-0.39, 0.29) is 5.56 Å². The molecule has 0 bridgehead atoms. The van der Waals surface area contributed by atoms with Crippen molar-refractivity contribution in [1.29, 1.82) is 5.26 Å². The summed E-state index contributed by atoms with van der Waals surface area (Å²) in [7, 11) is 1.58. The Morgan fingerprint density at radius 3 is 2.63 bits per heavy atom. The van der Waals surface area contributed by atoms with Gasteiger partial charge in [0.25, 0.3) is 5.56 Å². The molecular weight excluding hydrogens is 396 g/mol. The Bertz CT molecular complexity index is 1320. The van der Waals surface area contributed by atoms with Gasteiger partial charge >= 0.3 is 0 Å². The van der Waals surface area contributed by atoms with Crippen LogP contribution in [0.3, 0.4) is 0 Å². The zero-order valence-corrected chi connectivity index (χ0v) is 17.3. The summed E-state index contributed by atoms with van der Waals surface area (Å²) >= 11 is 1.42. The summed E-state index contributed by atoms with van der Waals surface area (Å²) in [4.78, 5) is 24.4. The molecule has 0 aliphatic rings. The number of nitrogens with zero attached hydrogens (tertiary/aromatic N) is 3. The first-order chi connectivity index (χ1) is 14.6. The van der Waals surface area contributed by atoms with Gasteiger partial charge in [-0.05, 0) is 48.9 Å². The number of para-hydroxylation sites is 1. The highest BCUT2D eigenvalue weighted by Gasteiger charge is 2.14. The molecule has 30 heavy (non-hydrogen) atoms. The smallest absolute Gasteiger partial charge is 0.270 e. The van der Waals surface area contributed by atoms with Gasteiger partial charge in [0.15, 0.2) is 5.16 Å². The number of hydrogen-bond acceptors (Lipinski definition) is 6. The molecule has 2 heterocycles. The number of aromatic nitrogens is 3. The van der Waals surface area contributed by atoms with Crippen LogP contribution in [0.1, 0.15) is 16.8 Å². The average molecular weight is 414 g/mol. The van der Waals surface area contributed by atoms with Crippen LogP contribution in [0.5, 0.6) is 5.75 Å². The van der Waals surface area contributed by atoms with Gasteiger partial charge in [-0.1, -0.05) is 30.0 Å². The van der Waals surface area contributed by atoms with Gasteiger partial charge in [0.2, 0.25) is 0 Å². The van der Waals surface area contributed by atoms with Crippen molar-refractivity contribution in [3.8, 4) is 23.1 Å². The van der Waals surface area contributed by atoms with Gasteiger partial charge in [-0.15, -0.1) is 0 Å². The molecule has 7 heteroatoms. The molecule has 0 aliphatic heterocycles. The highest BCUT2D eigenvalue weighted by Crippen LogP contribution is 2.28. The quantitative estimate of drug-likeness (QED) is 0.383. The monoisotopic (exact) mass is 414 g/mol. The van der Waals surface area contributed by atoms with Crippen LogP contribution in [0.15, 0.2) is 64.5 Å². The van der Waals surface area contributed by atoms with Crippen molar-refractivity contribution in [2.45, 2.75) is 17.8 Å². The summed E-state index contributed by atoms with van der Waals surface area (Å²) in [5, 5.41) is 11.0. The van der Waals surface area contributed by atoms with Crippen LogP contribution in [0.2, 0.25) is 0 Å². The Labute approximate surface area is 177 Å². The molecule has 2 aromatic carbocycles. The third kappa shape index (κ3) is 3.91. The maximum atomic E-state index is 12.5. The minimum Gasteiger partial charge on any atom is -0.497 e. The average Bonchev–Trinajstić information content (AvgIpc) is 2.77. The molecule has 0 aliphatic carbocycles. The zero-order chi connectivity index (χ0) is 21.1. The fraction of sp³-hybridized carbons (Fsp3) is 0.130. The topological polar surface area (TPSA) is 91.7 Å². The van der Waals surface area contributed by atoms with E-state index in [9.17, 15) is 10.1 Å². The van der Waals surface area contributed by atoms with Crippen LogP contribution in [-0.4, -0.2) is 22.1 Å². The Balaban J connectivity index is 1.70. The predicted octanol–water partition coefficient (Wildman–Crippen LogP) is 4.47. The number of H-pyrrole nitrogens is 1. The summed E-state index contributed by atoms with van der Waals surface area (Å²) in [5.74, 6) is 1.30. The maximum Gasteiger partial charge on any atom is 0.270 e. The highest BCUT2D eigenvalue weighted by molar-refractivity contribution is 7.98. The maximum absolute atomic E-state index is 12.5. The van der Waals surface area contributed by atoms with Crippen molar-refractivity contribution >= 4 is 22.7 Å². The summed E-state index contributed by atoms with van der Waals surface area (Å²) in [6.07, 6.45) is 0. The zero-order valence-electron chi connectivity index (χ0n) is 16.5. The number of ether oxygens (including phenoxy) is 1. The number of nitriles is 1. The van der Waals surface area contributed by atoms with Crippen LogP contribution in [0.25, 0.3) is 22.2 Å². The Morgan fingerprint density at radius 1 is 1.13 bits per heavy atom. The molecule has 4 rings (SSSR count). The molecule has 0 saturated carbocycles. The first kappa shape index (κ1) is 19.7. The largest absolute Gasteiger partial charge is 0.497 e. The van der Waals surface area contributed by atoms with E-state index in [1.165, 1.54) is 11.8 Å². The minimum atomic E-state index is -0.448. The summed E-state index contributed by atoms with van der Waals surface area (Å²) in [5.41, 5.74) is 3.58. The van der Waals surface area contributed by atoms with Gasteiger partial charge in [0.1, 0.15) is 17.4 Å². The van der Waals surface area contributed by atoms with Crippen molar-refractivity contribution in [2.24, 2.45) is 0 Å². The summed E-state index contributed by atoms with van der Waals surface area (Å²) in [6, 6.07) is 19.1. The van der Waals surface area contributed by atoms with Gasteiger partial charge < -0.3 is 9.72 Å². The molecule has 0 amide bonds. The van der Waals surface area contributed by atoms with Gasteiger partial charge in [-0.25, -0.2) is 4.98 Å². The SMILES string of the molecule is COc1ccc(-c2nc(SCc3cc(C)nc4ccccc34)[nH]c(=O)c2C#N)cc1. The first-order valence-corrected chi connectivity index (χ1v) is 10.2. The van der Waals surface area contributed by atoms with Gasteiger partial charge in [0.05, 0.1) is 18.3 Å². The Morgan fingerprint density at radius 2 is 1.90 bits per heavy atom. The lowest BCUT2D eigenvalue weighted by Gasteiger charge is -2.09. The van der Waals surface area contributed by atoms with Crippen molar-refractivity contribution < 1.29 is 4.74 Å². The number of methoxy groups -OCH3 is 1. The number of hydrogen-bond donors (Lipinski definition) is 1. The Hall–Kier alpha value is -3.63. The van der Waals surface area contributed by atoms with Gasteiger partial charge in [-0.2, -0.15) is 5.26 Å². The second kappa shape index (κ2) is 8.39. The number of thioether (sulfide) groups is 1. The van der Waals surface area contributed by atoms with Crippen molar-refractivity contribution in [1.82, 2.24) is 15.0 Å². The van der Waals surface area contributed by atoms with Crippen molar-refractivity contribution in [2.75, 3.05) is 7.11 Å². The van der Waals surface area contributed by atoms with Gasteiger partial charge in [0, 0.05) is 22.4 Å². The fourth-order valence-corrected chi connectivity index (χ4v) is 4.09. The van der Waals surface area contributed by atoms with E-state index in [0.717, 1.165) is 22.2 Å². The van der Waals surface area contributed by atoms with Crippen LogP contribution in [0.4, 0.5) is 0 Å². The van der Waals surface area contributed by atoms with Crippen LogP contribution in [0, 0.1) is 18.3 Å². The lowest BCUT2D eigenvalue weighted by Crippen LogP contribution is -2.14. The highest BCUT2D eigenvalue weighted by atomic mass is 32.2.